The van der Waals surface area contributed by atoms with E-state index in [0.717, 1.165) is 25.9 Å². The second kappa shape index (κ2) is 6.73. The number of anilines is 1. The molecule has 1 aromatic carbocycles. The van der Waals surface area contributed by atoms with Crippen LogP contribution in [0.4, 0.5) is 5.69 Å². The molecule has 0 saturated carbocycles. The molecule has 2 rings (SSSR count). The lowest BCUT2D eigenvalue weighted by Gasteiger charge is -2.33. The average molecular weight is 327 g/mol. The molecule has 19 heavy (non-hydrogen) atoms. The largest absolute Gasteiger partial charge is 0.381 e. The number of nitrogens with zero attached hydrogens (tertiary/aromatic N) is 1. The lowest BCUT2D eigenvalue weighted by atomic mass is 10.0. The third-order valence-electron chi connectivity index (χ3n) is 4.02. The Morgan fingerprint density at radius 1 is 1.37 bits per heavy atom. The summed E-state index contributed by atoms with van der Waals surface area (Å²) in [6, 6.07) is 7.03. The first-order chi connectivity index (χ1) is 9.15. The summed E-state index contributed by atoms with van der Waals surface area (Å²) in [6.45, 7) is 4.31. The number of methoxy groups -OCH3 is 1. The van der Waals surface area contributed by atoms with Gasteiger partial charge in [-0.1, -0.05) is 6.07 Å². The molecule has 1 fully saturated rings. The number of piperidine rings is 1. The fraction of sp³-hybridized carbons (Fsp3) is 0.600. The topological polar surface area (TPSA) is 24.5 Å². The van der Waals surface area contributed by atoms with Crippen molar-refractivity contribution in [3.8, 4) is 0 Å². The molecule has 1 atom stereocenters. The maximum Gasteiger partial charge on any atom is 0.0605 e. The van der Waals surface area contributed by atoms with E-state index in [1.165, 1.54) is 15.7 Å². The van der Waals surface area contributed by atoms with Crippen LogP contribution in [-0.4, -0.2) is 33.4 Å². The van der Waals surface area contributed by atoms with Crippen LogP contribution < -0.4 is 10.2 Å². The number of hydrogen-bond donors (Lipinski definition) is 1. The van der Waals surface area contributed by atoms with E-state index in [1.54, 1.807) is 0 Å². The van der Waals surface area contributed by atoms with Gasteiger partial charge >= 0.3 is 0 Å². The molecule has 3 nitrogen and oxygen atoms in total. The van der Waals surface area contributed by atoms with Crippen LogP contribution in [0.1, 0.15) is 31.4 Å². The van der Waals surface area contributed by atoms with Crippen LogP contribution in [-0.2, 0) is 4.74 Å². The number of rotatable bonds is 4. The Bertz CT molecular complexity index is 417. The molecule has 1 aliphatic heterocycles. The first kappa shape index (κ1) is 14.8. The van der Waals surface area contributed by atoms with Crippen molar-refractivity contribution in [1.82, 2.24) is 5.32 Å². The molecule has 0 spiro atoms. The molecule has 0 amide bonds. The fourth-order valence-corrected chi connectivity index (χ4v) is 3.20. The molecule has 1 N–H and O–H groups in total. The van der Waals surface area contributed by atoms with Crippen molar-refractivity contribution >= 4 is 21.6 Å². The Kier molecular flexibility index (Phi) is 5.25. The summed E-state index contributed by atoms with van der Waals surface area (Å²) in [5, 5.41) is 3.27. The SMILES string of the molecule is CNC(C)c1ccc(N2CCC(OC)CC2)c(Br)c1. The summed E-state index contributed by atoms with van der Waals surface area (Å²) in [6.07, 6.45) is 2.65. The summed E-state index contributed by atoms with van der Waals surface area (Å²) in [5.41, 5.74) is 2.60. The van der Waals surface area contributed by atoms with E-state index in [1.807, 2.05) is 14.2 Å². The van der Waals surface area contributed by atoms with Crippen LogP contribution in [0.5, 0.6) is 0 Å². The van der Waals surface area contributed by atoms with Crippen LogP contribution in [0.15, 0.2) is 22.7 Å². The van der Waals surface area contributed by atoms with Gasteiger partial charge in [0.05, 0.1) is 11.8 Å². The molecule has 1 aromatic rings. The number of nitrogens with one attached hydrogen (secondary N) is 1. The highest BCUT2D eigenvalue weighted by Crippen LogP contribution is 2.31. The Hall–Kier alpha value is -0.580. The third kappa shape index (κ3) is 3.50. The summed E-state index contributed by atoms with van der Waals surface area (Å²) >= 11 is 3.71. The second-order valence-corrected chi connectivity index (χ2v) is 6.00. The molecule has 1 saturated heterocycles. The molecule has 0 radical (unpaired) electrons. The van der Waals surface area contributed by atoms with Gasteiger partial charge < -0.3 is 15.0 Å². The van der Waals surface area contributed by atoms with Crippen molar-refractivity contribution in [3.05, 3.63) is 28.2 Å². The zero-order chi connectivity index (χ0) is 13.8. The van der Waals surface area contributed by atoms with Gasteiger partial charge in [0.1, 0.15) is 0 Å². The van der Waals surface area contributed by atoms with Crippen molar-refractivity contribution in [1.29, 1.82) is 0 Å². The molecular formula is C15H23BrN2O. The second-order valence-electron chi connectivity index (χ2n) is 5.14. The molecule has 1 heterocycles. The summed E-state index contributed by atoms with van der Waals surface area (Å²) in [5.74, 6) is 0. The van der Waals surface area contributed by atoms with Crippen LogP contribution in [0, 0.1) is 0 Å². The summed E-state index contributed by atoms with van der Waals surface area (Å²) in [7, 11) is 3.80. The lowest BCUT2D eigenvalue weighted by Crippen LogP contribution is -2.36. The fourth-order valence-electron chi connectivity index (χ4n) is 2.55. The van der Waals surface area contributed by atoms with Gasteiger partial charge in [0.25, 0.3) is 0 Å². The standard InChI is InChI=1S/C15H23BrN2O/c1-11(17-2)12-4-5-15(14(16)10-12)18-8-6-13(19-3)7-9-18/h4-5,10-11,13,17H,6-9H2,1-3H3. The van der Waals surface area contributed by atoms with Gasteiger partial charge in [0.2, 0.25) is 0 Å². The Morgan fingerprint density at radius 2 is 2.05 bits per heavy atom. The lowest BCUT2D eigenvalue weighted by molar-refractivity contribution is 0.0819. The highest BCUT2D eigenvalue weighted by Gasteiger charge is 2.20. The van der Waals surface area contributed by atoms with E-state index in [-0.39, 0.29) is 0 Å². The van der Waals surface area contributed by atoms with Crippen LogP contribution in [0.25, 0.3) is 0 Å². The van der Waals surface area contributed by atoms with Gasteiger partial charge in [-0.2, -0.15) is 0 Å². The zero-order valence-corrected chi connectivity index (χ0v) is 13.5. The predicted octanol–water partition coefficient (Wildman–Crippen LogP) is 3.34. The van der Waals surface area contributed by atoms with Gasteiger partial charge in [-0.15, -0.1) is 0 Å². The monoisotopic (exact) mass is 326 g/mol. The van der Waals surface area contributed by atoms with Gasteiger partial charge in [0, 0.05) is 30.7 Å². The quantitative estimate of drug-likeness (QED) is 0.918. The van der Waals surface area contributed by atoms with Gasteiger partial charge in [-0.05, 0) is 60.4 Å². The Balaban J connectivity index is 2.09. The molecule has 0 aliphatic carbocycles. The number of hydrogen-bond acceptors (Lipinski definition) is 3. The van der Waals surface area contributed by atoms with Crippen molar-refractivity contribution in [3.63, 3.8) is 0 Å². The molecule has 4 heteroatoms. The van der Waals surface area contributed by atoms with Crippen molar-refractivity contribution in [2.45, 2.75) is 31.9 Å². The molecule has 1 aliphatic rings. The van der Waals surface area contributed by atoms with Gasteiger partial charge in [-0.25, -0.2) is 0 Å². The van der Waals surface area contributed by atoms with Gasteiger partial charge in [-0.3, -0.25) is 0 Å². The Labute approximate surface area is 124 Å². The summed E-state index contributed by atoms with van der Waals surface area (Å²) < 4.78 is 6.61. The first-order valence-electron chi connectivity index (χ1n) is 6.90. The van der Waals surface area contributed by atoms with Crippen molar-refractivity contribution in [2.24, 2.45) is 0 Å². The zero-order valence-electron chi connectivity index (χ0n) is 11.9. The molecule has 0 bridgehead atoms. The van der Waals surface area contributed by atoms with Crippen LogP contribution in [0.2, 0.25) is 0 Å². The highest BCUT2D eigenvalue weighted by molar-refractivity contribution is 9.10. The Morgan fingerprint density at radius 3 is 2.58 bits per heavy atom. The molecule has 106 valence electrons. The number of halogens is 1. The maximum absolute atomic E-state index is 5.42. The highest BCUT2D eigenvalue weighted by atomic mass is 79.9. The van der Waals surface area contributed by atoms with E-state index >= 15 is 0 Å². The minimum Gasteiger partial charge on any atom is -0.381 e. The third-order valence-corrected chi connectivity index (χ3v) is 4.66. The smallest absolute Gasteiger partial charge is 0.0605 e. The minimum absolute atomic E-state index is 0.379. The van der Waals surface area contributed by atoms with Crippen LogP contribution in [0.3, 0.4) is 0 Å². The van der Waals surface area contributed by atoms with E-state index < -0.39 is 0 Å². The van der Waals surface area contributed by atoms with Crippen LogP contribution >= 0.6 is 15.9 Å². The van der Waals surface area contributed by atoms with Crippen molar-refractivity contribution in [2.75, 3.05) is 32.1 Å². The number of ether oxygens (including phenoxy) is 1. The minimum atomic E-state index is 0.379. The van der Waals surface area contributed by atoms with E-state index in [2.05, 4.69) is 51.3 Å². The molecule has 1 unspecified atom stereocenters. The normalized spacial score (nSPS) is 18.6. The van der Waals surface area contributed by atoms with Gasteiger partial charge in [0.15, 0.2) is 0 Å². The van der Waals surface area contributed by atoms with Crippen molar-refractivity contribution < 1.29 is 4.74 Å². The van der Waals surface area contributed by atoms with E-state index in [4.69, 9.17) is 4.74 Å². The average Bonchev–Trinajstić information content (AvgIpc) is 2.46. The first-order valence-corrected chi connectivity index (χ1v) is 7.69. The summed E-state index contributed by atoms with van der Waals surface area (Å²) in [4.78, 5) is 2.44. The van der Waals surface area contributed by atoms with E-state index in [0.29, 0.717) is 12.1 Å². The molecule has 0 aromatic heterocycles. The number of benzene rings is 1. The van der Waals surface area contributed by atoms with E-state index in [9.17, 15) is 0 Å². The predicted molar refractivity (Wildman–Crippen MR) is 83.9 cm³/mol. The maximum atomic E-state index is 5.42. The molecular weight excluding hydrogens is 304 g/mol.